The molecule has 8 nitrogen and oxygen atoms in total. The third-order valence-electron chi connectivity index (χ3n) is 5.34. The summed E-state index contributed by atoms with van der Waals surface area (Å²) in [6.07, 6.45) is 6.39. The summed E-state index contributed by atoms with van der Waals surface area (Å²) in [5.74, 6) is 0.0645. The number of amides is 1. The number of hydrogen-bond acceptors (Lipinski definition) is 9. The maximum Gasteiger partial charge on any atom is 0.267 e. The van der Waals surface area contributed by atoms with Crippen LogP contribution in [0.25, 0.3) is 0 Å². The van der Waals surface area contributed by atoms with Gasteiger partial charge in [0.15, 0.2) is 5.13 Å². The minimum absolute atomic E-state index is 0.147. The number of nitrogens with zero attached hydrogens (tertiary/aromatic N) is 4. The average molecular weight is 507 g/mol. The van der Waals surface area contributed by atoms with Gasteiger partial charge in [0.05, 0.1) is 16.1 Å². The summed E-state index contributed by atoms with van der Waals surface area (Å²) in [4.78, 5) is 30.6. The first-order chi connectivity index (χ1) is 16.9. The summed E-state index contributed by atoms with van der Waals surface area (Å²) in [6.45, 7) is 3.89. The molecule has 4 N–H and O–H groups in total. The molecule has 0 fully saturated rings. The van der Waals surface area contributed by atoms with Crippen molar-refractivity contribution in [2.24, 2.45) is 5.73 Å². The van der Waals surface area contributed by atoms with Crippen LogP contribution in [0.3, 0.4) is 0 Å². The molecule has 0 aliphatic carbocycles. The van der Waals surface area contributed by atoms with Gasteiger partial charge in [0.2, 0.25) is 0 Å². The van der Waals surface area contributed by atoms with Gasteiger partial charge in [0, 0.05) is 35.0 Å². The van der Waals surface area contributed by atoms with Crippen LogP contribution in [0.4, 0.5) is 10.9 Å². The molecule has 0 saturated carbocycles. The molecular formula is C25H26N6O2S2. The largest absolute Gasteiger partial charge is 0.383 e. The van der Waals surface area contributed by atoms with Crippen LogP contribution in [-0.2, 0) is 12.0 Å². The van der Waals surface area contributed by atoms with Crippen molar-refractivity contribution in [2.75, 3.05) is 5.32 Å². The quantitative estimate of drug-likeness (QED) is 0.278. The SMILES string of the molecule is CCCC(O)(Cc1c(Sc2cnc(Nc3ccccn3)s2)ccnc1C(N)=O)c1cccc(C)n1. The highest BCUT2D eigenvalue weighted by Crippen LogP contribution is 2.40. The van der Waals surface area contributed by atoms with E-state index in [9.17, 15) is 9.90 Å². The van der Waals surface area contributed by atoms with Crippen LogP contribution in [0.1, 0.15) is 47.2 Å². The number of carbonyl (C=O) groups excluding carboxylic acids is 1. The Kier molecular flexibility index (Phi) is 7.74. The second kappa shape index (κ2) is 10.9. The average Bonchev–Trinajstić information content (AvgIpc) is 3.27. The first-order valence-corrected chi connectivity index (χ1v) is 12.8. The van der Waals surface area contributed by atoms with E-state index < -0.39 is 11.5 Å². The van der Waals surface area contributed by atoms with Crippen molar-refractivity contribution < 1.29 is 9.90 Å². The first-order valence-electron chi connectivity index (χ1n) is 11.1. The number of nitrogens with two attached hydrogens (primary N) is 1. The molecular weight excluding hydrogens is 480 g/mol. The van der Waals surface area contributed by atoms with Gasteiger partial charge < -0.3 is 16.2 Å². The van der Waals surface area contributed by atoms with Gasteiger partial charge >= 0.3 is 0 Å². The lowest BCUT2D eigenvalue weighted by Crippen LogP contribution is -2.31. The zero-order valence-electron chi connectivity index (χ0n) is 19.4. The number of thiazole rings is 1. The Bertz CT molecular complexity index is 1310. The topological polar surface area (TPSA) is 127 Å². The van der Waals surface area contributed by atoms with Gasteiger partial charge in [-0.1, -0.05) is 48.6 Å². The molecule has 0 aliphatic heterocycles. The zero-order chi connectivity index (χ0) is 24.8. The molecule has 0 spiro atoms. The molecule has 0 radical (unpaired) electrons. The molecule has 0 bridgehead atoms. The summed E-state index contributed by atoms with van der Waals surface area (Å²) in [5, 5.41) is 15.6. The van der Waals surface area contributed by atoms with Crippen LogP contribution in [-0.4, -0.2) is 30.9 Å². The van der Waals surface area contributed by atoms with Crippen molar-refractivity contribution >= 4 is 40.0 Å². The standard InChI is InChI=1S/C25H26N6O2S2/c1-3-11-25(33,19-8-6-7-16(2)30-19)14-17-18(10-13-28-22(17)23(26)32)34-21-15-29-24(35-21)31-20-9-4-5-12-27-20/h4-10,12-13,15,33H,3,11,14H2,1-2H3,(H2,26,32)(H,27,29,31). The monoisotopic (exact) mass is 506 g/mol. The van der Waals surface area contributed by atoms with E-state index in [1.165, 1.54) is 23.1 Å². The Labute approximate surface area is 212 Å². The molecule has 180 valence electrons. The molecule has 1 atom stereocenters. The number of nitrogens with one attached hydrogen (secondary N) is 1. The van der Waals surface area contributed by atoms with E-state index in [0.29, 0.717) is 28.6 Å². The highest BCUT2D eigenvalue weighted by atomic mass is 32.2. The Morgan fingerprint density at radius 3 is 2.71 bits per heavy atom. The third-order valence-corrected chi connectivity index (χ3v) is 7.46. The number of carbonyl (C=O) groups is 1. The number of aryl methyl sites for hydroxylation is 1. The normalized spacial score (nSPS) is 12.8. The van der Waals surface area contributed by atoms with E-state index in [4.69, 9.17) is 5.73 Å². The fraction of sp³-hybridized carbons (Fsp3) is 0.240. The lowest BCUT2D eigenvalue weighted by molar-refractivity contribution is 0.0216. The van der Waals surface area contributed by atoms with Gasteiger partial charge in [-0.15, -0.1) is 0 Å². The number of pyridine rings is 3. The smallest absolute Gasteiger partial charge is 0.267 e. The van der Waals surface area contributed by atoms with Gasteiger partial charge in [-0.2, -0.15) is 0 Å². The Morgan fingerprint density at radius 2 is 2.00 bits per heavy atom. The minimum Gasteiger partial charge on any atom is -0.383 e. The van der Waals surface area contributed by atoms with Crippen molar-refractivity contribution in [1.29, 1.82) is 0 Å². The number of rotatable bonds is 10. The second-order valence-electron chi connectivity index (χ2n) is 8.05. The van der Waals surface area contributed by atoms with Gasteiger partial charge in [0.1, 0.15) is 17.1 Å². The molecule has 0 saturated heterocycles. The van der Waals surface area contributed by atoms with Gasteiger partial charge in [-0.25, -0.2) is 9.97 Å². The highest BCUT2D eigenvalue weighted by molar-refractivity contribution is 8.01. The lowest BCUT2D eigenvalue weighted by atomic mass is 9.86. The van der Waals surface area contributed by atoms with Crippen molar-refractivity contribution in [2.45, 2.75) is 47.8 Å². The number of aliphatic hydroxyl groups is 1. The van der Waals surface area contributed by atoms with E-state index in [0.717, 1.165) is 21.2 Å². The molecule has 1 amide bonds. The number of anilines is 2. The molecule has 0 aliphatic rings. The molecule has 0 aromatic carbocycles. The maximum absolute atomic E-state index is 12.3. The Balaban J connectivity index is 1.67. The Morgan fingerprint density at radius 1 is 1.14 bits per heavy atom. The zero-order valence-corrected chi connectivity index (χ0v) is 21.1. The van der Waals surface area contributed by atoms with Crippen LogP contribution in [0.2, 0.25) is 0 Å². The summed E-state index contributed by atoms with van der Waals surface area (Å²) in [7, 11) is 0. The van der Waals surface area contributed by atoms with Gasteiger partial charge in [-0.3, -0.25) is 14.8 Å². The molecule has 4 rings (SSSR count). The predicted molar refractivity (Wildman–Crippen MR) is 138 cm³/mol. The van der Waals surface area contributed by atoms with Crippen molar-refractivity contribution in [1.82, 2.24) is 19.9 Å². The fourth-order valence-corrected chi connectivity index (χ4v) is 5.76. The third kappa shape index (κ3) is 6.02. The van der Waals surface area contributed by atoms with E-state index in [1.807, 2.05) is 56.3 Å². The van der Waals surface area contributed by atoms with E-state index in [2.05, 4.69) is 25.3 Å². The van der Waals surface area contributed by atoms with E-state index in [-0.39, 0.29) is 12.1 Å². The van der Waals surface area contributed by atoms with Crippen molar-refractivity contribution in [3.63, 3.8) is 0 Å². The van der Waals surface area contributed by atoms with Crippen LogP contribution < -0.4 is 11.1 Å². The summed E-state index contributed by atoms with van der Waals surface area (Å²) < 4.78 is 0.902. The van der Waals surface area contributed by atoms with Crippen molar-refractivity contribution in [3.05, 3.63) is 83.7 Å². The molecule has 10 heteroatoms. The summed E-state index contributed by atoms with van der Waals surface area (Å²) in [5.41, 5.74) is 6.53. The summed E-state index contributed by atoms with van der Waals surface area (Å²) >= 11 is 2.91. The van der Waals surface area contributed by atoms with Crippen LogP contribution in [0.5, 0.6) is 0 Å². The molecule has 4 heterocycles. The predicted octanol–water partition coefficient (Wildman–Crippen LogP) is 4.86. The second-order valence-corrected chi connectivity index (χ2v) is 10.4. The fourth-order valence-electron chi connectivity index (χ4n) is 3.79. The van der Waals surface area contributed by atoms with Crippen molar-refractivity contribution in [3.8, 4) is 0 Å². The van der Waals surface area contributed by atoms with Crippen LogP contribution in [0, 0.1) is 6.92 Å². The van der Waals surface area contributed by atoms with Crippen LogP contribution in [0.15, 0.2) is 70.2 Å². The number of aromatic nitrogens is 4. The van der Waals surface area contributed by atoms with Crippen LogP contribution >= 0.6 is 23.1 Å². The van der Waals surface area contributed by atoms with E-state index >= 15 is 0 Å². The molecule has 1 unspecified atom stereocenters. The maximum atomic E-state index is 12.3. The molecule has 4 aromatic heterocycles. The highest BCUT2D eigenvalue weighted by Gasteiger charge is 2.33. The Hall–Kier alpha value is -3.34. The van der Waals surface area contributed by atoms with Gasteiger partial charge in [0.25, 0.3) is 5.91 Å². The molecule has 35 heavy (non-hydrogen) atoms. The number of primary amides is 1. The van der Waals surface area contributed by atoms with E-state index in [1.54, 1.807) is 18.6 Å². The first kappa shape index (κ1) is 24.8. The number of hydrogen-bond donors (Lipinski definition) is 3. The minimum atomic E-state index is -1.28. The lowest BCUT2D eigenvalue weighted by Gasteiger charge is -2.29. The molecule has 4 aromatic rings. The summed E-state index contributed by atoms with van der Waals surface area (Å²) in [6, 6.07) is 13.0. The van der Waals surface area contributed by atoms with Gasteiger partial charge in [-0.05, 0) is 43.7 Å².